The van der Waals surface area contributed by atoms with Crippen LogP contribution in [0.15, 0.2) is 18.2 Å². The van der Waals surface area contributed by atoms with E-state index in [4.69, 9.17) is 21.4 Å². The first-order valence-electron chi connectivity index (χ1n) is 6.48. The molecule has 0 bridgehead atoms. The van der Waals surface area contributed by atoms with Crippen LogP contribution in [0.4, 0.5) is 0 Å². The summed E-state index contributed by atoms with van der Waals surface area (Å²) in [6.07, 6.45) is 1.97. The van der Waals surface area contributed by atoms with E-state index in [2.05, 4.69) is 5.32 Å². The monoisotopic (exact) mass is 329 g/mol. The van der Waals surface area contributed by atoms with Crippen LogP contribution in [0.1, 0.15) is 12.0 Å². The van der Waals surface area contributed by atoms with E-state index in [1.807, 2.05) is 6.26 Å². The molecular weight excluding hydrogens is 314 g/mol. The van der Waals surface area contributed by atoms with Gasteiger partial charge in [-0.2, -0.15) is 11.8 Å². The summed E-state index contributed by atoms with van der Waals surface area (Å²) in [7, 11) is 0. The number of amides is 1. The van der Waals surface area contributed by atoms with Crippen molar-refractivity contribution in [2.24, 2.45) is 0 Å². The van der Waals surface area contributed by atoms with Crippen LogP contribution < -0.4 is 10.1 Å². The molecule has 0 aromatic heterocycles. The van der Waals surface area contributed by atoms with Crippen molar-refractivity contribution in [2.45, 2.75) is 25.0 Å². The number of halogens is 1. The lowest BCUT2D eigenvalue weighted by Crippen LogP contribution is -2.47. The zero-order valence-electron chi connectivity index (χ0n) is 11.5. The molecule has 1 aromatic rings. The number of fused-ring (bicyclic) bond motifs is 1. The Morgan fingerprint density at radius 1 is 1.57 bits per heavy atom. The normalized spacial score (nSPS) is 17.7. The van der Waals surface area contributed by atoms with Crippen LogP contribution in [0.25, 0.3) is 0 Å². The third kappa shape index (κ3) is 4.04. The zero-order valence-corrected chi connectivity index (χ0v) is 13.0. The van der Waals surface area contributed by atoms with E-state index >= 15 is 0 Å². The molecule has 1 aromatic carbocycles. The van der Waals surface area contributed by atoms with Crippen LogP contribution in [-0.4, -0.2) is 41.1 Å². The van der Waals surface area contributed by atoms with Crippen LogP contribution in [-0.2, 0) is 16.0 Å². The lowest BCUT2D eigenvalue weighted by Gasteiger charge is -2.17. The minimum Gasteiger partial charge on any atom is -0.480 e. The van der Waals surface area contributed by atoms with Gasteiger partial charge in [0.05, 0.1) is 0 Å². The maximum absolute atomic E-state index is 12.1. The van der Waals surface area contributed by atoms with Crippen molar-refractivity contribution in [3.8, 4) is 5.75 Å². The van der Waals surface area contributed by atoms with Crippen molar-refractivity contribution in [3.63, 3.8) is 0 Å². The Morgan fingerprint density at radius 3 is 3.00 bits per heavy atom. The first-order valence-corrected chi connectivity index (χ1v) is 8.25. The highest BCUT2D eigenvalue weighted by Crippen LogP contribution is 2.31. The standard InChI is InChI=1S/C14H16ClNO4S/c1-21-5-4-10(14(18)19)16-13(17)12-7-8-6-9(15)2-3-11(8)20-12/h2-3,6,10,12H,4-5,7H2,1H3,(H,16,17)(H,18,19). The maximum Gasteiger partial charge on any atom is 0.326 e. The summed E-state index contributed by atoms with van der Waals surface area (Å²) in [6.45, 7) is 0. The average molecular weight is 330 g/mol. The molecule has 114 valence electrons. The van der Waals surface area contributed by atoms with Gasteiger partial charge in [-0.15, -0.1) is 0 Å². The van der Waals surface area contributed by atoms with Gasteiger partial charge in [-0.1, -0.05) is 11.6 Å². The lowest BCUT2D eigenvalue weighted by atomic mass is 10.1. The van der Waals surface area contributed by atoms with Crippen molar-refractivity contribution >= 4 is 35.2 Å². The highest BCUT2D eigenvalue weighted by Gasteiger charge is 2.31. The van der Waals surface area contributed by atoms with E-state index in [9.17, 15) is 9.59 Å². The summed E-state index contributed by atoms with van der Waals surface area (Å²) in [5.74, 6) is -0.152. The quantitative estimate of drug-likeness (QED) is 0.834. The van der Waals surface area contributed by atoms with Gasteiger partial charge in [-0.25, -0.2) is 4.79 Å². The number of carbonyl (C=O) groups is 2. The van der Waals surface area contributed by atoms with Gasteiger partial charge in [-0.3, -0.25) is 4.79 Å². The van der Waals surface area contributed by atoms with E-state index in [1.54, 1.807) is 18.2 Å². The van der Waals surface area contributed by atoms with Gasteiger partial charge >= 0.3 is 5.97 Å². The molecule has 0 fully saturated rings. The van der Waals surface area contributed by atoms with E-state index in [-0.39, 0.29) is 0 Å². The summed E-state index contributed by atoms with van der Waals surface area (Å²) in [5.41, 5.74) is 0.860. The number of carbonyl (C=O) groups excluding carboxylic acids is 1. The van der Waals surface area contributed by atoms with E-state index < -0.39 is 24.0 Å². The fourth-order valence-corrected chi connectivity index (χ4v) is 2.79. The largest absolute Gasteiger partial charge is 0.480 e. The Morgan fingerprint density at radius 2 is 2.33 bits per heavy atom. The Kier molecular flexibility index (Phi) is 5.36. The van der Waals surface area contributed by atoms with Gasteiger partial charge in [-0.05, 0) is 42.2 Å². The Bertz CT molecular complexity index is 552. The highest BCUT2D eigenvalue weighted by molar-refractivity contribution is 7.98. The molecule has 5 nitrogen and oxygen atoms in total. The molecule has 0 radical (unpaired) electrons. The number of aliphatic carboxylic acids is 1. The van der Waals surface area contributed by atoms with Crippen molar-refractivity contribution in [3.05, 3.63) is 28.8 Å². The fraction of sp³-hybridized carbons (Fsp3) is 0.429. The molecule has 0 saturated carbocycles. The summed E-state index contributed by atoms with van der Waals surface area (Å²) >= 11 is 7.44. The molecular formula is C14H16ClNO4S. The molecule has 2 unspecified atom stereocenters. The van der Waals surface area contributed by atoms with Gasteiger partial charge in [0.2, 0.25) is 0 Å². The first-order chi connectivity index (χ1) is 10.0. The number of hydrogen-bond acceptors (Lipinski definition) is 4. The van der Waals surface area contributed by atoms with Crippen molar-refractivity contribution in [1.82, 2.24) is 5.32 Å². The molecule has 21 heavy (non-hydrogen) atoms. The predicted octanol–water partition coefficient (Wildman–Crippen LogP) is 1.97. The molecule has 2 atom stereocenters. The second-order valence-electron chi connectivity index (χ2n) is 4.74. The van der Waals surface area contributed by atoms with Crippen LogP contribution in [0.2, 0.25) is 5.02 Å². The van der Waals surface area contributed by atoms with Gasteiger partial charge in [0, 0.05) is 11.4 Å². The van der Waals surface area contributed by atoms with Crippen molar-refractivity contribution < 1.29 is 19.4 Å². The topological polar surface area (TPSA) is 75.6 Å². The van der Waals surface area contributed by atoms with Crippen LogP contribution in [0.3, 0.4) is 0 Å². The summed E-state index contributed by atoms with van der Waals surface area (Å²) in [6, 6.07) is 4.28. The Balaban J connectivity index is 1.97. The van der Waals surface area contributed by atoms with Crippen molar-refractivity contribution in [2.75, 3.05) is 12.0 Å². The summed E-state index contributed by atoms with van der Waals surface area (Å²) < 4.78 is 5.54. The molecule has 1 aliphatic heterocycles. The van der Waals surface area contributed by atoms with Gasteiger partial charge < -0.3 is 15.2 Å². The van der Waals surface area contributed by atoms with Gasteiger partial charge in [0.15, 0.2) is 6.10 Å². The molecule has 2 rings (SSSR count). The Hall–Kier alpha value is -1.40. The summed E-state index contributed by atoms with van der Waals surface area (Å²) in [4.78, 5) is 23.3. The second-order valence-corrected chi connectivity index (χ2v) is 6.17. The molecule has 2 N–H and O–H groups in total. The average Bonchev–Trinajstić information content (AvgIpc) is 2.85. The molecule has 1 heterocycles. The third-order valence-electron chi connectivity index (χ3n) is 3.21. The number of benzene rings is 1. The van der Waals surface area contributed by atoms with E-state index in [0.717, 1.165) is 5.56 Å². The molecule has 7 heteroatoms. The number of ether oxygens (including phenoxy) is 1. The SMILES string of the molecule is CSCCC(NC(=O)C1Cc2cc(Cl)ccc2O1)C(=O)O. The third-order valence-corrected chi connectivity index (χ3v) is 4.09. The molecule has 1 amide bonds. The number of rotatable bonds is 6. The maximum atomic E-state index is 12.1. The van der Waals surface area contributed by atoms with Crippen LogP contribution in [0.5, 0.6) is 5.75 Å². The van der Waals surface area contributed by atoms with E-state index in [1.165, 1.54) is 11.8 Å². The predicted molar refractivity (Wildman–Crippen MR) is 82.1 cm³/mol. The minimum absolute atomic E-state index is 0.383. The fourth-order valence-electron chi connectivity index (χ4n) is 2.12. The molecule has 0 saturated heterocycles. The zero-order chi connectivity index (χ0) is 15.4. The Labute approximate surface area is 132 Å². The lowest BCUT2D eigenvalue weighted by molar-refractivity contribution is -0.142. The number of hydrogen-bond donors (Lipinski definition) is 2. The first kappa shape index (κ1) is 16.0. The van der Waals surface area contributed by atoms with Gasteiger partial charge in [0.1, 0.15) is 11.8 Å². The molecule has 1 aliphatic rings. The van der Waals surface area contributed by atoms with Crippen LogP contribution in [0, 0.1) is 0 Å². The number of nitrogens with one attached hydrogen (secondary N) is 1. The smallest absolute Gasteiger partial charge is 0.326 e. The highest BCUT2D eigenvalue weighted by atomic mass is 35.5. The number of carboxylic acid groups (broad SMARTS) is 1. The van der Waals surface area contributed by atoms with Crippen LogP contribution >= 0.6 is 23.4 Å². The minimum atomic E-state index is -1.03. The number of carboxylic acids is 1. The number of thioether (sulfide) groups is 1. The summed E-state index contributed by atoms with van der Waals surface area (Å²) in [5, 5.41) is 12.2. The molecule has 0 spiro atoms. The molecule has 0 aliphatic carbocycles. The van der Waals surface area contributed by atoms with Crippen molar-refractivity contribution in [1.29, 1.82) is 0 Å². The van der Waals surface area contributed by atoms with E-state index in [0.29, 0.717) is 29.4 Å². The second kappa shape index (κ2) is 7.04. The van der Waals surface area contributed by atoms with Gasteiger partial charge in [0.25, 0.3) is 5.91 Å².